The first-order valence-corrected chi connectivity index (χ1v) is 4.21. The van der Waals surface area contributed by atoms with E-state index in [1.807, 2.05) is 0 Å². The number of halogens is 2. The summed E-state index contributed by atoms with van der Waals surface area (Å²) in [5, 5.41) is 17.4. The number of benzene rings is 1. The van der Waals surface area contributed by atoms with Crippen LogP contribution in [-0.2, 0) is 0 Å². The summed E-state index contributed by atoms with van der Waals surface area (Å²) in [4.78, 5) is 21.3. The molecule has 0 atom stereocenters. The Hall–Kier alpha value is -2.49. The van der Waals surface area contributed by atoms with Crippen molar-refractivity contribution in [1.29, 1.82) is 5.26 Å². The number of carboxylic acids is 1. The molecule has 1 N–H and O–H groups in total. The van der Waals surface area contributed by atoms with E-state index in [2.05, 4.69) is 4.74 Å². The van der Waals surface area contributed by atoms with Crippen molar-refractivity contribution in [3.63, 3.8) is 0 Å². The van der Waals surface area contributed by atoms with E-state index >= 15 is 0 Å². The van der Waals surface area contributed by atoms with E-state index in [4.69, 9.17) is 10.4 Å². The molecule has 0 heterocycles. The third-order valence-electron chi connectivity index (χ3n) is 1.85. The second-order valence-corrected chi connectivity index (χ2v) is 2.85. The van der Waals surface area contributed by atoms with Gasteiger partial charge in [-0.2, -0.15) is 14.0 Å². The highest BCUT2D eigenvalue weighted by atomic mass is 19.3. The Morgan fingerprint density at radius 2 is 2.18 bits per heavy atom. The van der Waals surface area contributed by atoms with Crippen molar-refractivity contribution in [1.82, 2.24) is 0 Å². The van der Waals surface area contributed by atoms with E-state index in [9.17, 15) is 18.4 Å². The van der Waals surface area contributed by atoms with Gasteiger partial charge in [0, 0.05) is 5.56 Å². The van der Waals surface area contributed by atoms with Crippen LogP contribution in [0.3, 0.4) is 0 Å². The number of aromatic carboxylic acids is 1. The molecule has 0 spiro atoms. The van der Waals surface area contributed by atoms with Crippen LogP contribution >= 0.6 is 0 Å². The molecule has 1 rings (SSSR count). The van der Waals surface area contributed by atoms with Crippen molar-refractivity contribution in [2.45, 2.75) is 6.61 Å². The van der Waals surface area contributed by atoms with Gasteiger partial charge in [-0.25, -0.2) is 4.79 Å². The number of hydrogen-bond donors (Lipinski definition) is 1. The van der Waals surface area contributed by atoms with E-state index in [0.717, 1.165) is 12.1 Å². The number of carbonyl (C=O) groups is 2. The van der Waals surface area contributed by atoms with Crippen LogP contribution in [-0.4, -0.2) is 24.0 Å². The van der Waals surface area contributed by atoms with Gasteiger partial charge in [0.15, 0.2) is 6.29 Å². The summed E-state index contributed by atoms with van der Waals surface area (Å²) >= 11 is 0. The predicted octanol–water partition coefficient (Wildman–Crippen LogP) is 1.67. The lowest BCUT2D eigenvalue weighted by molar-refractivity contribution is -0.0503. The van der Waals surface area contributed by atoms with Crippen molar-refractivity contribution in [2.75, 3.05) is 0 Å². The summed E-state index contributed by atoms with van der Waals surface area (Å²) in [7, 11) is 0. The van der Waals surface area contributed by atoms with E-state index in [1.165, 1.54) is 0 Å². The average molecular weight is 241 g/mol. The lowest BCUT2D eigenvalue weighted by Gasteiger charge is -2.09. The standard InChI is InChI=1S/C10H5F2NO4/c11-10(12)17-8-2-5(3-13)6(4-14)1-7(8)9(15)16/h1-2,4,10H,(H,15,16). The molecule has 0 saturated heterocycles. The van der Waals surface area contributed by atoms with Gasteiger partial charge in [0.25, 0.3) is 0 Å². The van der Waals surface area contributed by atoms with Crippen molar-refractivity contribution >= 4 is 12.3 Å². The summed E-state index contributed by atoms with van der Waals surface area (Å²) in [5.74, 6) is -2.19. The van der Waals surface area contributed by atoms with Crippen LogP contribution in [0.2, 0.25) is 0 Å². The molecular formula is C10H5F2NO4. The van der Waals surface area contributed by atoms with Gasteiger partial charge >= 0.3 is 12.6 Å². The third-order valence-corrected chi connectivity index (χ3v) is 1.85. The predicted molar refractivity (Wildman–Crippen MR) is 50.1 cm³/mol. The Bertz CT molecular complexity index is 508. The molecule has 7 heteroatoms. The van der Waals surface area contributed by atoms with Crippen LogP contribution in [0.15, 0.2) is 12.1 Å². The van der Waals surface area contributed by atoms with Gasteiger partial charge in [0.2, 0.25) is 0 Å². The Morgan fingerprint density at radius 1 is 1.53 bits per heavy atom. The highest BCUT2D eigenvalue weighted by Crippen LogP contribution is 2.24. The maximum atomic E-state index is 12.0. The van der Waals surface area contributed by atoms with E-state index in [0.29, 0.717) is 0 Å². The fraction of sp³-hybridized carbons (Fsp3) is 0.100. The lowest BCUT2D eigenvalue weighted by atomic mass is 10.0. The van der Waals surface area contributed by atoms with Crippen molar-refractivity contribution in [2.24, 2.45) is 0 Å². The average Bonchev–Trinajstić information content (AvgIpc) is 2.27. The number of nitriles is 1. The molecule has 0 aliphatic carbocycles. The topological polar surface area (TPSA) is 87.4 Å². The molecule has 0 bridgehead atoms. The van der Waals surface area contributed by atoms with E-state index in [1.54, 1.807) is 6.07 Å². The first-order chi connectivity index (χ1) is 7.99. The molecular weight excluding hydrogens is 236 g/mol. The Labute approximate surface area is 93.8 Å². The Kier molecular flexibility index (Phi) is 3.72. The smallest absolute Gasteiger partial charge is 0.387 e. The number of carboxylic acid groups (broad SMARTS) is 1. The summed E-state index contributed by atoms with van der Waals surface area (Å²) in [5.41, 5.74) is -1.04. The first-order valence-electron chi connectivity index (χ1n) is 4.21. The molecule has 0 aliphatic heterocycles. The second kappa shape index (κ2) is 5.03. The van der Waals surface area contributed by atoms with Crippen LogP contribution in [0, 0.1) is 11.3 Å². The molecule has 0 aliphatic rings. The first kappa shape index (κ1) is 12.6. The monoisotopic (exact) mass is 241 g/mol. The van der Waals surface area contributed by atoms with E-state index in [-0.39, 0.29) is 17.4 Å². The number of aldehydes is 1. The summed E-state index contributed by atoms with van der Waals surface area (Å²) in [6, 6.07) is 3.18. The van der Waals surface area contributed by atoms with Crippen LogP contribution < -0.4 is 4.74 Å². The Morgan fingerprint density at radius 3 is 2.59 bits per heavy atom. The highest BCUT2D eigenvalue weighted by molar-refractivity contribution is 5.94. The SMILES string of the molecule is N#Cc1cc(OC(F)F)c(C(=O)O)cc1C=O. The van der Waals surface area contributed by atoms with Crippen molar-refractivity contribution < 1.29 is 28.2 Å². The minimum Gasteiger partial charge on any atom is -0.478 e. The minimum atomic E-state index is -3.22. The number of hydrogen-bond acceptors (Lipinski definition) is 4. The molecule has 0 amide bonds. The van der Waals surface area contributed by atoms with Crippen molar-refractivity contribution in [3.8, 4) is 11.8 Å². The molecule has 1 aromatic rings. The summed E-state index contributed by atoms with van der Waals surface area (Å²) < 4.78 is 28.0. The molecule has 0 aromatic heterocycles. The van der Waals surface area contributed by atoms with Gasteiger partial charge in [-0.05, 0) is 12.1 Å². The molecule has 0 saturated carbocycles. The zero-order chi connectivity index (χ0) is 13.0. The molecule has 0 unspecified atom stereocenters. The molecule has 0 radical (unpaired) electrons. The fourth-order valence-corrected chi connectivity index (χ4v) is 1.15. The molecule has 5 nitrogen and oxygen atoms in total. The lowest BCUT2D eigenvalue weighted by Crippen LogP contribution is -2.09. The number of carbonyl (C=O) groups excluding carboxylic acids is 1. The van der Waals surface area contributed by atoms with Crippen LogP contribution in [0.25, 0.3) is 0 Å². The van der Waals surface area contributed by atoms with Gasteiger partial charge in [-0.15, -0.1) is 0 Å². The summed E-state index contributed by atoms with van der Waals surface area (Å²) in [6.07, 6.45) is 0.261. The number of nitrogens with zero attached hydrogens (tertiary/aromatic N) is 1. The number of alkyl halides is 2. The minimum absolute atomic E-state index is 0.202. The van der Waals surface area contributed by atoms with Crippen molar-refractivity contribution in [3.05, 3.63) is 28.8 Å². The van der Waals surface area contributed by atoms with Crippen LogP contribution in [0.1, 0.15) is 26.3 Å². The number of rotatable bonds is 4. The maximum absolute atomic E-state index is 12.0. The maximum Gasteiger partial charge on any atom is 0.387 e. The normalized spacial score (nSPS) is 9.76. The zero-order valence-corrected chi connectivity index (χ0v) is 8.18. The van der Waals surface area contributed by atoms with Gasteiger partial charge < -0.3 is 9.84 Å². The third kappa shape index (κ3) is 2.75. The summed E-state index contributed by atoms with van der Waals surface area (Å²) in [6.45, 7) is -3.22. The quantitative estimate of drug-likeness (QED) is 0.810. The van der Waals surface area contributed by atoms with Gasteiger partial charge in [0.1, 0.15) is 17.4 Å². The highest BCUT2D eigenvalue weighted by Gasteiger charge is 2.18. The van der Waals surface area contributed by atoms with Gasteiger partial charge in [0.05, 0.1) is 5.56 Å². The number of ether oxygens (including phenoxy) is 1. The molecule has 0 fully saturated rings. The molecule has 17 heavy (non-hydrogen) atoms. The van der Waals surface area contributed by atoms with Gasteiger partial charge in [-0.3, -0.25) is 4.79 Å². The fourth-order valence-electron chi connectivity index (χ4n) is 1.15. The largest absolute Gasteiger partial charge is 0.478 e. The zero-order valence-electron chi connectivity index (χ0n) is 8.18. The van der Waals surface area contributed by atoms with E-state index < -0.39 is 23.9 Å². The molecule has 88 valence electrons. The van der Waals surface area contributed by atoms with Crippen LogP contribution in [0.5, 0.6) is 5.75 Å². The van der Waals surface area contributed by atoms with Gasteiger partial charge in [-0.1, -0.05) is 0 Å². The Balaban J connectivity index is 3.41. The second-order valence-electron chi connectivity index (χ2n) is 2.85. The van der Waals surface area contributed by atoms with Crippen LogP contribution in [0.4, 0.5) is 8.78 Å². The molecule has 1 aromatic carbocycles.